The molecule has 0 aliphatic heterocycles. The molecule has 4 rings (SSSR count). The van der Waals surface area contributed by atoms with Crippen LogP contribution in [0.5, 0.6) is 5.75 Å². The van der Waals surface area contributed by atoms with Crippen LogP contribution in [0.3, 0.4) is 0 Å². The fourth-order valence-electron chi connectivity index (χ4n) is 3.64. The zero-order valence-corrected chi connectivity index (χ0v) is 18.8. The maximum absolute atomic E-state index is 14.5. The van der Waals surface area contributed by atoms with Gasteiger partial charge in [0.15, 0.2) is 11.6 Å². The lowest BCUT2D eigenvalue weighted by Crippen LogP contribution is -2.27. The topological polar surface area (TPSA) is 127 Å². The van der Waals surface area contributed by atoms with Crippen molar-refractivity contribution in [3.8, 4) is 28.1 Å². The Labute approximate surface area is 195 Å². The molecule has 0 aliphatic carbocycles. The van der Waals surface area contributed by atoms with Gasteiger partial charge in [-0.3, -0.25) is 4.68 Å². The first-order chi connectivity index (χ1) is 16.2. The van der Waals surface area contributed by atoms with Crippen LogP contribution in [0, 0.1) is 5.82 Å². The van der Waals surface area contributed by atoms with E-state index in [0.29, 0.717) is 5.56 Å². The van der Waals surface area contributed by atoms with Crippen molar-refractivity contribution in [1.29, 1.82) is 0 Å². The van der Waals surface area contributed by atoms with Gasteiger partial charge in [-0.15, -0.1) is 0 Å². The Hall–Kier alpha value is -4.02. The second kappa shape index (κ2) is 9.08. The van der Waals surface area contributed by atoms with Gasteiger partial charge >= 0.3 is 0 Å². The Balaban J connectivity index is 1.96. The third kappa shape index (κ3) is 4.54. The number of sulfonamides is 1. The first kappa shape index (κ1) is 23.1. The molecule has 0 unspecified atom stereocenters. The number of carboxylic acids is 1. The molecule has 0 spiro atoms. The second-order valence-electron chi connectivity index (χ2n) is 7.42. The van der Waals surface area contributed by atoms with E-state index in [1.54, 1.807) is 0 Å². The summed E-state index contributed by atoms with van der Waals surface area (Å²) in [5.74, 6) is -2.19. The number of rotatable bonds is 7. The number of carboxylic acid groups (broad SMARTS) is 1. The van der Waals surface area contributed by atoms with E-state index >= 15 is 0 Å². The molecule has 0 fully saturated rings. The zero-order chi connectivity index (χ0) is 24.5. The molecule has 34 heavy (non-hydrogen) atoms. The first-order valence-corrected chi connectivity index (χ1v) is 11.6. The van der Waals surface area contributed by atoms with Crippen LogP contribution < -0.4 is 15.0 Å². The Morgan fingerprint density at radius 1 is 1.06 bits per heavy atom. The number of nitrogens with zero attached hydrogens (tertiary/aromatic N) is 2. The van der Waals surface area contributed by atoms with Crippen LogP contribution in [-0.4, -0.2) is 31.3 Å². The van der Waals surface area contributed by atoms with Crippen LogP contribution in [0.15, 0.2) is 77.7 Å². The van der Waals surface area contributed by atoms with Crippen molar-refractivity contribution in [2.75, 3.05) is 7.11 Å². The van der Waals surface area contributed by atoms with Gasteiger partial charge in [-0.1, -0.05) is 48.5 Å². The van der Waals surface area contributed by atoms with Crippen LogP contribution in [0.4, 0.5) is 4.39 Å². The number of hydrogen-bond acceptors (Lipinski definition) is 6. The lowest BCUT2D eigenvalue weighted by molar-refractivity contribution is -0.255. The maximum Gasteiger partial charge on any atom is 0.238 e. The molecule has 4 aromatic rings. The normalized spacial score (nSPS) is 11.4. The maximum atomic E-state index is 14.5. The molecule has 0 amide bonds. The Morgan fingerprint density at radius 3 is 2.26 bits per heavy atom. The molecule has 174 valence electrons. The summed E-state index contributed by atoms with van der Waals surface area (Å²) in [6.07, 6.45) is 0. The molecule has 0 bridgehead atoms. The van der Waals surface area contributed by atoms with Gasteiger partial charge < -0.3 is 14.6 Å². The average Bonchev–Trinajstić information content (AvgIpc) is 3.18. The number of carbonyl (C=O) groups excluding carboxylic acids is 1. The quantitative estimate of drug-likeness (QED) is 0.433. The summed E-state index contributed by atoms with van der Waals surface area (Å²) in [6.45, 7) is 0.116. The molecule has 3 aromatic carbocycles. The minimum absolute atomic E-state index is 0.00511. The smallest absolute Gasteiger partial charge is 0.238 e. The second-order valence-corrected chi connectivity index (χ2v) is 8.98. The fourth-order valence-corrected chi connectivity index (χ4v) is 4.16. The molecule has 0 aliphatic rings. The highest BCUT2D eigenvalue weighted by molar-refractivity contribution is 7.89. The first-order valence-electron chi connectivity index (χ1n) is 10.0. The van der Waals surface area contributed by atoms with Crippen LogP contribution in [0.25, 0.3) is 22.4 Å². The molecule has 1 aromatic heterocycles. The monoisotopic (exact) mass is 480 g/mol. The van der Waals surface area contributed by atoms with Crippen LogP contribution in [0.2, 0.25) is 0 Å². The summed E-state index contributed by atoms with van der Waals surface area (Å²) in [7, 11) is -2.61. The number of hydrogen-bond donors (Lipinski definition) is 1. The predicted molar refractivity (Wildman–Crippen MR) is 121 cm³/mol. The SMILES string of the molecule is COc1ccc(-c2c(-c3ccc(S(N)(=O)=O)cc3)nn(Cc3ccccc3)c2C(=O)[O-])cc1F. The number of aromatic carboxylic acids is 1. The van der Waals surface area contributed by atoms with Gasteiger partial charge in [0.25, 0.3) is 0 Å². The summed E-state index contributed by atoms with van der Waals surface area (Å²) in [4.78, 5) is 12.1. The van der Waals surface area contributed by atoms with Crippen molar-refractivity contribution in [3.63, 3.8) is 0 Å². The van der Waals surface area contributed by atoms with Crippen molar-refractivity contribution in [1.82, 2.24) is 9.78 Å². The molecular formula is C24H19FN3O5S-. The number of benzene rings is 3. The number of methoxy groups -OCH3 is 1. The number of aromatic nitrogens is 2. The molecule has 0 radical (unpaired) electrons. The molecule has 10 heteroatoms. The number of primary sulfonamides is 1. The molecule has 1 heterocycles. The van der Waals surface area contributed by atoms with Crippen LogP contribution in [-0.2, 0) is 16.6 Å². The van der Waals surface area contributed by atoms with Crippen molar-refractivity contribution in [2.24, 2.45) is 5.14 Å². The van der Waals surface area contributed by atoms with E-state index in [-0.39, 0.29) is 39.7 Å². The van der Waals surface area contributed by atoms with E-state index in [1.165, 1.54) is 48.2 Å². The lowest BCUT2D eigenvalue weighted by Gasteiger charge is -2.12. The standard InChI is InChI=1S/C24H20FN3O5S/c1-33-20-12-9-17(13-19(20)25)21-22(16-7-10-18(11-8-16)34(26,31)32)27-28(23(21)24(29)30)14-15-5-3-2-4-6-15/h2-13H,14H2,1H3,(H,29,30)(H2,26,31,32)/p-1. The lowest BCUT2D eigenvalue weighted by atomic mass is 9.98. The molecule has 0 saturated carbocycles. The van der Waals surface area contributed by atoms with Gasteiger partial charge in [-0.05, 0) is 35.4 Å². The highest BCUT2D eigenvalue weighted by Crippen LogP contribution is 2.36. The van der Waals surface area contributed by atoms with Crippen molar-refractivity contribution >= 4 is 16.0 Å². The Morgan fingerprint density at radius 2 is 1.71 bits per heavy atom. The van der Waals surface area contributed by atoms with Gasteiger partial charge in [0.2, 0.25) is 10.0 Å². The largest absolute Gasteiger partial charge is 0.543 e. The third-order valence-electron chi connectivity index (χ3n) is 5.22. The minimum atomic E-state index is -3.93. The van der Waals surface area contributed by atoms with E-state index in [1.807, 2.05) is 30.3 Å². The van der Waals surface area contributed by atoms with Crippen LogP contribution >= 0.6 is 0 Å². The van der Waals surface area contributed by atoms with Crippen molar-refractivity contribution in [2.45, 2.75) is 11.4 Å². The number of halogens is 1. The van der Waals surface area contributed by atoms with Crippen LogP contribution in [0.1, 0.15) is 16.1 Å². The van der Waals surface area contributed by atoms with E-state index in [9.17, 15) is 22.7 Å². The molecule has 8 nitrogen and oxygen atoms in total. The average molecular weight is 480 g/mol. The summed E-state index contributed by atoms with van der Waals surface area (Å²) in [5, 5.41) is 21.9. The van der Waals surface area contributed by atoms with Crippen molar-refractivity contribution in [3.05, 3.63) is 89.9 Å². The summed E-state index contributed by atoms with van der Waals surface area (Å²) >= 11 is 0. The van der Waals surface area contributed by atoms with E-state index in [0.717, 1.165) is 11.6 Å². The predicted octanol–water partition coefficient (Wildman–Crippen LogP) is 2.42. The zero-order valence-electron chi connectivity index (χ0n) is 17.9. The fraction of sp³-hybridized carbons (Fsp3) is 0.0833. The number of ether oxygens (including phenoxy) is 1. The minimum Gasteiger partial charge on any atom is -0.543 e. The van der Waals surface area contributed by atoms with Gasteiger partial charge in [-0.2, -0.15) is 5.10 Å². The number of carbonyl (C=O) groups is 1. The van der Waals surface area contributed by atoms with E-state index in [4.69, 9.17) is 9.88 Å². The Bertz CT molecular complexity index is 1470. The third-order valence-corrected chi connectivity index (χ3v) is 6.15. The van der Waals surface area contributed by atoms with Crippen molar-refractivity contribution < 1.29 is 27.4 Å². The van der Waals surface area contributed by atoms with E-state index in [2.05, 4.69) is 5.10 Å². The van der Waals surface area contributed by atoms with E-state index < -0.39 is 21.8 Å². The molecule has 2 N–H and O–H groups in total. The molecule has 0 saturated heterocycles. The Kier molecular flexibility index (Phi) is 6.18. The van der Waals surface area contributed by atoms with Gasteiger partial charge in [0.1, 0.15) is 5.69 Å². The van der Waals surface area contributed by atoms with Gasteiger partial charge in [-0.25, -0.2) is 17.9 Å². The number of nitrogens with two attached hydrogens (primary N) is 1. The molecule has 0 atom stereocenters. The van der Waals surface area contributed by atoms with Gasteiger partial charge in [0, 0.05) is 11.1 Å². The highest BCUT2D eigenvalue weighted by Gasteiger charge is 2.23. The summed E-state index contributed by atoms with van der Waals surface area (Å²) in [6, 6.07) is 18.6. The molecular weight excluding hydrogens is 461 g/mol. The van der Waals surface area contributed by atoms with Gasteiger partial charge in [0.05, 0.1) is 30.2 Å². The summed E-state index contributed by atoms with van der Waals surface area (Å²) in [5.41, 5.74) is 1.52. The summed E-state index contributed by atoms with van der Waals surface area (Å²) < 4.78 is 44.1. The highest BCUT2D eigenvalue weighted by atomic mass is 32.2.